The number of pyridine rings is 1. The second kappa shape index (κ2) is 9.05. The van der Waals surface area contributed by atoms with Crippen LogP contribution in [0.5, 0.6) is 11.6 Å². The van der Waals surface area contributed by atoms with Crippen molar-refractivity contribution in [3.63, 3.8) is 0 Å². The van der Waals surface area contributed by atoms with Gasteiger partial charge in [0.1, 0.15) is 5.75 Å². The third-order valence-corrected chi connectivity index (χ3v) is 5.73. The summed E-state index contributed by atoms with van der Waals surface area (Å²) >= 11 is 0. The monoisotopic (exact) mass is 389 g/mol. The molecular weight excluding hydrogens is 362 g/mol. The molecule has 5 nitrogen and oxygen atoms in total. The van der Waals surface area contributed by atoms with Gasteiger partial charge >= 0.3 is 0 Å². The van der Waals surface area contributed by atoms with E-state index in [4.69, 9.17) is 10.5 Å². The van der Waals surface area contributed by atoms with E-state index in [0.29, 0.717) is 11.4 Å². The average molecular weight is 389 g/mol. The van der Waals surface area contributed by atoms with Gasteiger partial charge in [-0.05, 0) is 42.0 Å². The molecule has 3 N–H and O–H groups in total. The molecule has 1 heterocycles. The molecule has 0 unspecified atom stereocenters. The zero-order chi connectivity index (χ0) is 20.1. The number of nitrogens with two attached hydrogens (primary N) is 1. The van der Waals surface area contributed by atoms with Crippen LogP contribution in [0.15, 0.2) is 54.7 Å². The molecule has 1 aliphatic rings. The van der Waals surface area contributed by atoms with Gasteiger partial charge in [-0.25, -0.2) is 4.98 Å². The Labute approximate surface area is 171 Å². The number of rotatable bonds is 8. The summed E-state index contributed by atoms with van der Waals surface area (Å²) in [6.45, 7) is 1.91. The highest BCUT2D eigenvalue weighted by Crippen LogP contribution is 2.32. The van der Waals surface area contributed by atoms with Crippen LogP contribution in [-0.2, 0) is 6.54 Å². The van der Waals surface area contributed by atoms with E-state index in [0.717, 1.165) is 30.1 Å². The standard InChI is InChI=1S/C24H27N3O2/c25-24(28)19-10-12-23(27-16-19)29-22-11-9-18(20-7-3-4-8-21(20)22)15-26-14-13-17-5-1-2-6-17/h3-4,7-12,16-17,26H,1-2,5-6,13-15H2,(H2,25,28). The molecule has 0 spiro atoms. The predicted molar refractivity (Wildman–Crippen MR) is 115 cm³/mol. The number of ether oxygens (including phenoxy) is 1. The Kier molecular flexibility index (Phi) is 6.06. The smallest absolute Gasteiger partial charge is 0.250 e. The summed E-state index contributed by atoms with van der Waals surface area (Å²) in [4.78, 5) is 15.4. The lowest BCUT2D eigenvalue weighted by atomic mass is 10.0. The molecule has 150 valence electrons. The van der Waals surface area contributed by atoms with Gasteiger partial charge in [0.05, 0.1) is 5.56 Å². The van der Waals surface area contributed by atoms with E-state index in [-0.39, 0.29) is 0 Å². The Hall–Kier alpha value is -2.92. The van der Waals surface area contributed by atoms with E-state index in [1.807, 2.05) is 18.2 Å². The Balaban J connectivity index is 1.46. The number of hydrogen-bond donors (Lipinski definition) is 2. The molecule has 0 radical (unpaired) electrons. The van der Waals surface area contributed by atoms with Gasteiger partial charge in [-0.2, -0.15) is 0 Å². The highest BCUT2D eigenvalue weighted by molar-refractivity contribution is 5.92. The van der Waals surface area contributed by atoms with Gasteiger partial charge in [-0.3, -0.25) is 4.79 Å². The maximum Gasteiger partial charge on any atom is 0.250 e. The van der Waals surface area contributed by atoms with Crippen molar-refractivity contribution < 1.29 is 9.53 Å². The molecule has 4 rings (SSSR count). The number of hydrogen-bond acceptors (Lipinski definition) is 4. The number of benzene rings is 2. The minimum atomic E-state index is -0.501. The summed E-state index contributed by atoms with van der Waals surface area (Å²) in [7, 11) is 0. The number of fused-ring (bicyclic) bond motifs is 1. The van der Waals surface area contributed by atoms with Crippen LogP contribution in [0.1, 0.15) is 48.0 Å². The van der Waals surface area contributed by atoms with Crippen molar-refractivity contribution in [2.45, 2.75) is 38.6 Å². The first kappa shape index (κ1) is 19.4. The minimum absolute atomic E-state index is 0.362. The highest BCUT2D eigenvalue weighted by atomic mass is 16.5. The number of carbonyl (C=O) groups excluding carboxylic acids is 1. The number of primary amides is 1. The van der Waals surface area contributed by atoms with Crippen LogP contribution in [-0.4, -0.2) is 17.4 Å². The van der Waals surface area contributed by atoms with E-state index in [1.165, 1.54) is 49.3 Å². The predicted octanol–water partition coefficient (Wildman–Crippen LogP) is 4.80. The Morgan fingerprint density at radius 3 is 2.59 bits per heavy atom. The Morgan fingerprint density at radius 2 is 1.86 bits per heavy atom. The molecule has 2 aromatic carbocycles. The van der Waals surface area contributed by atoms with Gasteiger partial charge in [-0.1, -0.05) is 56.0 Å². The van der Waals surface area contributed by atoms with Gasteiger partial charge in [0, 0.05) is 24.2 Å². The van der Waals surface area contributed by atoms with Crippen molar-refractivity contribution in [3.05, 3.63) is 65.9 Å². The van der Waals surface area contributed by atoms with Crippen molar-refractivity contribution in [3.8, 4) is 11.6 Å². The van der Waals surface area contributed by atoms with E-state index in [9.17, 15) is 4.79 Å². The molecular formula is C24H27N3O2. The summed E-state index contributed by atoms with van der Waals surface area (Å²) in [6.07, 6.45) is 8.29. The van der Waals surface area contributed by atoms with E-state index < -0.39 is 5.91 Å². The number of carbonyl (C=O) groups is 1. The third-order valence-electron chi connectivity index (χ3n) is 5.73. The number of nitrogens with zero attached hydrogens (tertiary/aromatic N) is 1. The lowest BCUT2D eigenvalue weighted by Gasteiger charge is -2.14. The molecule has 0 atom stereocenters. The van der Waals surface area contributed by atoms with E-state index in [1.54, 1.807) is 12.1 Å². The average Bonchev–Trinajstić information content (AvgIpc) is 3.26. The van der Waals surface area contributed by atoms with Gasteiger partial charge in [0.25, 0.3) is 0 Å². The van der Waals surface area contributed by atoms with Gasteiger partial charge in [-0.15, -0.1) is 0 Å². The molecule has 0 bridgehead atoms. The fourth-order valence-electron chi connectivity index (χ4n) is 4.10. The molecule has 1 aliphatic carbocycles. The quantitative estimate of drug-likeness (QED) is 0.543. The number of aromatic nitrogens is 1. The first-order chi connectivity index (χ1) is 14.2. The van der Waals surface area contributed by atoms with Crippen molar-refractivity contribution >= 4 is 16.7 Å². The SMILES string of the molecule is NC(=O)c1ccc(Oc2ccc(CNCCC3CCCC3)c3ccccc23)nc1. The zero-order valence-electron chi connectivity index (χ0n) is 16.6. The number of amides is 1. The Morgan fingerprint density at radius 1 is 1.07 bits per heavy atom. The molecule has 5 heteroatoms. The van der Waals surface area contributed by atoms with Crippen molar-refractivity contribution in [1.29, 1.82) is 0 Å². The van der Waals surface area contributed by atoms with Gasteiger partial charge < -0.3 is 15.8 Å². The summed E-state index contributed by atoms with van der Waals surface area (Å²) in [5.74, 6) is 1.58. The molecule has 1 fully saturated rings. The first-order valence-corrected chi connectivity index (χ1v) is 10.4. The normalized spacial score (nSPS) is 14.3. The maximum atomic E-state index is 11.2. The lowest BCUT2D eigenvalue weighted by molar-refractivity contribution is 0.1000. The second-order valence-electron chi connectivity index (χ2n) is 7.74. The van der Waals surface area contributed by atoms with Crippen LogP contribution >= 0.6 is 0 Å². The van der Waals surface area contributed by atoms with Crippen LogP contribution in [0.4, 0.5) is 0 Å². The topological polar surface area (TPSA) is 77.2 Å². The van der Waals surface area contributed by atoms with Crippen molar-refractivity contribution in [1.82, 2.24) is 10.3 Å². The van der Waals surface area contributed by atoms with Crippen LogP contribution in [0.2, 0.25) is 0 Å². The molecule has 1 amide bonds. The molecule has 1 saturated carbocycles. The first-order valence-electron chi connectivity index (χ1n) is 10.4. The molecule has 3 aromatic rings. The van der Waals surface area contributed by atoms with E-state index >= 15 is 0 Å². The largest absolute Gasteiger partial charge is 0.438 e. The van der Waals surface area contributed by atoms with Crippen molar-refractivity contribution in [2.75, 3.05) is 6.54 Å². The van der Waals surface area contributed by atoms with Crippen LogP contribution in [0.3, 0.4) is 0 Å². The van der Waals surface area contributed by atoms with Crippen LogP contribution < -0.4 is 15.8 Å². The fraction of sp³-hybridized carbons (Fsp3) is 0.333. The fourth-order valence-corrected chi connectivity index (χ4v) is 4.10. The van der Waals surface area contributed by atoms with Crippen LogP contribution in [0, 0.1) is 5.92 Å². The third kappa shape index (κ3) is 4.74. The second-order valence-corrected chi connectivity index (χ2v) is 7.74. The molecule has 0 saturated heterocycles. The van der Waals surface area contributed by atoms with E-state index in [2.05, 4.69) is 28.5 Å². The molecule has 0 aliphatic heterocycles. The van der Waals surface area contributed by atoms with Gasteiger partial charge in [0.2, 0.25) is 11.8 Å². The highest BCUT2D eigenvalue weighted by Gasteiger charge is 2.14. The molecule has 1 aromatic heterocycles. The van der Waals surface area contributed by atoms with Crippen LogP contribution in [0.25, 0.3) is 10.8 Å². The minimum Gasteiger partial charge on any atom is -0.438 e. The summed E-state index contributed by atoms with van der Waals surface area (Å²) in [5, 5.41) is 5.83. The number of nitrogens with one attached hydrogen (secondary N) is 1. The zero-order valence-corrected chi connectivity index (χ0v) is 16.6. The Bertz CT molecular complexity index is 979. The summed E-state index contributed by atoms with van der Waals surface area (Å²) in [5.41, 5.74) is 6.89. The lowest BCUT2D eigenvalue weighted by Crippen LogP contribution is -2.17. The van der Waals surface area contributed by atoms with Gasteiger partial charge in [0.15, 0.2) is 0 Å². The summed E-state index contributed by atoms with van der Waals surface area (Å²) in [6, 6.07) is 15.6. The van der Waals surface area contributed by atoms with Crippen molar-refractivity contribution in [2.24, 2.45) is 11.7 Å². The maximum absolute atomic E-state index is 11.2. The summed E-state index contributed by atoms with van der Waals surface area (Å²) < 4.78 is 5.99. The molecule has 29 heavy (non-hydrogen) atoms.